The molecule has 2 aromatic rings. The normalized spacial score (nSPS) is 11.7. The molecule has 0 saturated heterocycles. The van der Waals surface area contributed by atoms with Gasteiger partial charge >= 0.3 is 12.0 Å². The molecule has 1 aromatic carbocycles. The number of halogens is 1. The average Bonchev–Trinajstić information content (AvgIpc) is 3.03. The molecule has 0 fully saturated rings. The molecule has 8 nitrogen and oxygen atoms in total. The molecule has 0 spiro atoms. The monoisotopic (exact) mass is 392 g/mol. The van der Waals surface area contributed by atoms with Gasteiger partial charge in [-0.3, -0.25) is 5.32 Å². The number of aliphatic hydroxyl groups is 1. The van der Waals surface area contributed by atoms with Crippen molar-refractivity contribution in [3.05, 3.63) is 47.4 Å². The first kappa shape index (κ1) is 21.4. The number of ether oxygens (including phenoxy) is 1. The fourth-order valence-electron chi connectivity index (χ4n) is 2.61. The van der Waals surface area contributed by atoms with Crippen LogP contribution in [-0.4, -0.2) is 39.6 Å². The molecule has 2 amide bonds. The molecular formula is C19H25FN4O4. The van der Waals surface area contributed by atoms with Crippen molar-refractivity contribution < 1.29 is 23.8 Å². The Balaban J connectivity index is 2.13. The lowest BCUT2D eigenvalue weighted by molar-refractivity contribution is 0.0527. The Hall–Kier alpha value is -2.94. The second-order valence-electron chi connectivity index (χ2n) is 6.15. The first-order valence-electron chi connectivity index (χ1n) is 9.15. The molecule has 1 heterocycles. The Morgan fingerprint density at radius 3 is 2.75 bits per heavy atom. The zero-order chi connectivity index (χ0) is 20.5. The van der Waals surface area contributed by atoms with Gasteiger partial charge in [0.25, 0.3) is 0 Å². The number of amides is 2. The maximum atomic E-state index is 13.7. The molecule has 0 radical (unpaired) electrons. The summed E-state index contributed by atoms with van der Waals surface area (Å²) in [6.45, 7) is 3.85. The number of carbonyl (C=O) groups excluding carboxylic acids is 2. The quantitative estimate of drug-likeness (QED) is 0.569. The summed E-state index contributed by atoms with van der Waals surface area (Å²) in [4.78, 5) is 24.4. The van der Waals surface area contributed by atoms with Crippen molar-refractivity contribution >= 4 is 17.8 Å². The lowest BCUT2D eigenvalue weighted by Crippen LogP contribution is -2.31. The Morgan fingerprint density at radius 1 is 1.32 bits per heavy atom. The van der Waals surface area contributed by atoms with Gasteiger partial charge in [0.1, 0.15) is 17.2 Å². The number of esters is 1. The molecular weight excluding hydrogens is 367 g/mol. The van der Waals surface area contributed by atoms with Gasteiger partial charge in [-0.2, -0.15) is 5.10 Å². The molecule has 0 saturated carbocycles. The number of nitrogens with one attached hydrogen (secondary N) is 2. The van der Waals surface area contributed by atoms with Crippen LogP contribution in [0.2, 0.25) is 0 Å². The van der Waals surface area contributed by atoms with E-state index in [0.717, 1.165) is 6.42 Å². The molecule has 9 heteroatoms. The van der Waals surface area contributed by atoms with E-state index in [9.17, 15) is 19.1 Å². The summed E-state index contributed by atoms with van der Waals surface area (Å²) < 4.78 is 20.0. The average molecular weight is 392 g/mol. The Bertz CT molecular complexity index is 809. The van der Waals surface area contributed by atoms with E-state index in [1.54, 1.807) is 25.1 Å². The highest BCUT2D eigenvalue weighted by Gasteiger charge is 2.22. The summed E-state index contributed by atoms with van der Waals surface area (Å²) >= 11 is 0. The number of urea groups is 1. The molecule has 0 aliphatic carbocycles. The van der Waals surface area contributed by atoms with Gasteiger partial charge in [-0.25, -0.2) is 18.7 Å². The van der Waals surface area contributed by atoms with Crippen LogP contribution in [0, 0.1) is 5.82 Å². The fraction of sp³-hybridized carbons (Fsp3) is 0.421. The number of carbonyl (C=O) groups is 2. The third-order valence-corrected chi connectivity index (χ3v) is 3.97. The highest BCUT2D eigenvalue weighted by atomic mass is 19.1. The van der Waals surface area contributed by atoms with Gasteiger partial charge in [-0.1, -0.05) is 31.5 Å². The fourth-order valence-corrected chi connectivity index (χ4v) is 2.61. The molecule has 0 aliphatic rings. The van der Waals surface area contributed by atoms with Crippen molar-refractivity contribution in [2.75, 3.05) is 11.9 Å². The number of anilines is 1. The van der Waals surface area contributed by atoms with Crippen molar-refractivity contribution in [3.63, 3.8) is 0 Å². The van der Waals surface area contributed by atoms with Crippen molar-refractivity contribution in [2.24, 2.45) is 0 Å². The lowest BCUT2D eigenvalue weighted by Gasteiger charge is -2.14. The van der Waals surface area contributed by atoms with Gasteiger partial charge in [-0.05, 0) is 19.4 Å². The van der Waals surface area contributed by atoms with Crippen LogP contribution in [0.1, 0.15) is 42.6 Å². The van der Waals surface area contributed by atoms with Crippen LogP contribution in [-0.2, 0) is 17.8 Å². The summed E-state index contributed by atoms with van der Waals surface area (Å²) in [7, 11) is 0. The minimum atomic E-state index is -0.679. The molecule has 0 aliphatic heterocycles. The molecule has 1 aromatic heterocycles. The second-order valence-corrected chi connectivity index (χ2v) is 6.15. The van der Waals surface area contributed by atoms with E-state index < -0.39 is 23.9 Å². The molecule has 2 rings (SSSR count). The van der Waals surface area contributed by atoms with Crippen LogP contribution in [0.5, 0.6) is 0 Å². The Labute approximate surface area is 162 Å². The van der Waals surface area contributed by atoms with E-state index in [2.05, 4.69) is 15.7 Å². The highest BCUT2D eigenvalue weighted by Crippen LogP contribution is 2.18. The summed E-state index contributed by atoms with van der Waals surface area (Å²) in [5.74, 6) is -0.953. The van der Waals surface area contributed by atoms with E-state index in [4.69, 9.17) is 4.74 Å². The maximum absolute atomic E-state index is 13.7. The maximum Gasteiger partial charge on any atom is 0.343 e. The van der Waals surface area contributed by atoms with Gasteiger partial charge in [0, 0.05) is 12.1 Å². The number of benzene rings is 1. The molecule has 1 unspecified atom stereocenters. The minimum Gasteiger partial charge on any atom is -0.462 e. The van der Waals surface area contributed by atoms with Gasteiger partial charge in [-0.15, -0.1) is 0 Å². The zero-order valence-electron chi connectivity index (χ0n) is 15.9. The number of aromatic nitrogens is 2. The van der Waals surface area contributed by atoms with Gasteiger partial charge < -0.3 is 15.2 Å². The molecule has 1 atom stereocenters. The molecule has 0 bridgehead atoms. The summed E-state index contributed by atoms with van der Waals surface area (Å²) in [5, 5.41) is 19.2. The Kier molecular flexibility index (Phi) is 7.94. The van der Waals surface area contributed by atoms with E-state index in [1.807, 2.05) is 6.92 Å². The topological polar surface area (TPSA) is 105 Å². The van der Waals surface area contributed by atoms with Crippen LogP contribution in [0.3, 0.4) is 0 Å². The summed E-state index contributed by atoms with van der Waals surface area (Å²) in [5.41, 5.74) is 0.404. The zero-order valence-corrected chi connectivity index (χ0v) is 15.9. The number of rotatable bonds is 9. The van der Waals surface area contributed by atoms with Crippen LogP contribution in [0.25, 0.3) is 0 Å². The Morgan fingerprint density at radius 2 is 2.07 bits per heavy atom. The number of nitrogens with zero attached hydrogens (tertiary/aromatic N) is 2. The van der Waals surface area contributed by atoms with Crippen molar-refractivity contribution in [2.45, 2.75) is 45.9 Å². The SMILES string of the molecule is CCCC(O)Cn1ncc(C(=O)OCC)c1NC(=O)NCc1ccccc1F. The van der Waals surface area contributed by atoms with Crippen LogP contribution in [0.4, 0.5) is 15.0 Å². The predicted molar refractivity (Wildman–Crippen MR) is 101 cm³/mol. The summed E-state index contributed by atoms with van der Waals surface area (Å²) in [6.07, 6.45) is 1.93. The molecule has 28 heavy (non-hydrogen) atoms. The smallest absolute Gasteiger partial charge is 0.343 e. The third kappa shape index (κ3) is 5.78. The predicted octanol–water partition coefficient (Wildman–Crippen LogP) is 2.68. The van der Waals surface area contributed by atoms with Crippen LogP contribution in [0.15, 0.2) is 30.5 Å². The minimum absolute atomic E-state index is 0.0279. The highest BCUT2D eigenvalue weighted by molar-refractivity contribution is 5.99. The third-order valence-electron chi connectivity index (χ3n) is 3.97. The first-order valence-corrected chi connectivity index (χ1v) is 9.15. The van der Waals surface area contributed by atoms with Gasteiger partial charge in [0.05, 0.1) is 25.5 Å². The number of aliphatic hydroxyl groups excluding tert-OH is 1. The van der Waals surface area contributed by atoms with Crippen molar-refractivity contribution in [1.82, 2.24) is 15.1 Å². The van der Waals surface area contributed by atoms with Crippen LogP contribution < -0.4 is 10.6 Å². The second kappa shape index (κ2) is 10.4. The summed E-state index contributed by atoms with van der Waals surface area (Å²) in [6, 6.07) is 5.45. The standard InChI is InChI=1S/C19H25FN4O4/c1-3-7-14(25)12-24-17(15(11-22-24)18(26)28-4-2)23-19(27)21-10-13-8-5-6-9-16(13)20/h5-6,8-9,11,14,25H,3-4,7,10,12H2,1-2H3,(H2,21,23,27). The molecule has 152 valence electrons. The van der Waals surface area contributed by atoms with Crippen LogP contribution >= 0.6 is 0 Å². The van der Waals surface area contributed by atoms with Gasteiger partial charge in [0.2, 0.25) is 0 Å². The largest absolute Gasteiger partial charge is 0.462 e. The van der Waals surface area contributed by atoms with E-state index >= 15 is 0 Å². The van der Waals surface area contributed by atoms with E-state index in [-0.39, 0.29) is 31.1 Å². The van der Waals surface area contributed by atoms with Crippen molar-refractivity contribution in [3.8, 4) is 0 Å². The first-order chi connectivity index (χ1) is 13.5. The number of hydrogen-bond acceptors (Lipinski definition) is 5. The van der Waals surface area contributed by atoms with Crippen molar-refractivity contribution in [1.29, 1.82) is 0 Å². The van der Waals surface area contributed by atoms with E-state index in [0.29, 0.717) is 12.0 Å². The lowest BCUT2D eigenvalue weighted by atomic mass is 10.2. The number of hydrogen-bond donors (Lipinski definition) is 3. The van der Waals surface area contributed by atoms with E-state index in [1.165, 1.54) is 16.9 Å². The molecule has 3 N–H and O–H groups in total. The van der Waals surface area contributed by atoms with Gasteiger partial charge in [0.15, 0.2) is 0 Å².